The average molecular weight is 754 g/mol. The van der Waals surface area contributed by atoms with Gasteiger partial charge in [0.2, 0.25) is 0 Å². The van der Waals surface area contributed by atoms with E-state index < -0.39 is 0 Å². The van der Waals surface area contributed by atoms with Crippen LogP contribution in [0.2, 0.25) is 0 Å². The Hall–Kier alpha value is -7.49. The number of pyridine rings is 1. The van der Waals surface area contributed by atoms with Crippen LogP contribution >= 0.6 is 0 Å². The lowest BCUT2D eigenvalue weighted by Gasteiger charge is -2.21. The average Bonchev–Trinajstić information content (AvgIpc) is 3.89. The topological polar surface area (TPSA) is 22.8 Å². The molecule has 0 amide bonds. The SMILES string of the molecule is CC1(C)c2ccccc2-c2cc(-n3c4ccccc4c4cc(-c5ccc6c(c5)c5ccccc5n6-c5cc(-c6ccccc6)cc(-c6ccccn6)c5)ccc43)ccc21. The largest absolute Gasteiger partial charge is 0.309 e. The third-order valence-electron chi connectivity index (χ3n) is 12.7. The second-order valence-electron chi connectivity index (χ2n) is 16.4. The Morgan fingerprint density at radius 1 is 0.356 bits per heavy atom. The first kappa shape index (κ1) is 33.6. The van der Waals surface area contributed by atoms with E-state index in [1.54, 1.807) is 0 Å². The van der Waals surface area contributed by atoms with Crippen LogP contribution in [-0.2, 0) is 5.41 Å². The molecule has 0 saturated carbocycles. The molecule has 3 nitrogen and oxygen atoms in total. The van der Waals surface area contributed by atoms with E-state index >= 15 is 0 Å². The highest BCUT2D eigenvalue weighted by Gasteiger charge is 2.35. The van der Waals surface area contributed by atoms with Gasteiger partial charge in [0.25, 0.3) is 0 Å². The van der Waals surface area contributed by atoms with Gasteiger partial charge >= 0.3 is 0 Å². The zero-order valence-electron chi connectivity index (χ0n) is 32.9. The zero-order valence-corrected chi connectivity index (χ0v) is 32.9. The van der Waals surface area contributed by atoms with Crippen LogP contribution in [0, 0.1) is 0 Å². The highest BCUT2D eigenvalue weighted by Crippen LogP contribution is 2.49. The molecule has 0 aliphatic heterocycles. The quantitative estimate of drug-likeness (QED) is 0.172. The molecule has 12 rings (SSSR count). The lowest BCUT2D eigenvalue weighted by atomic mass is 9.82. The van der Waals surface area contributed by atoms with Gasteiger partial charge in [-0.2, -0.15) is 0 Å². The number of nitrogens with zero attached hydrogens (tertiary/aromatic N) is 3. The van der Waals surface area contributed by atoms with Gasteiger partial charge in [0.1, 0.15) is 0 Å². The first-order valence-corrected chi connectivity index (χ1v) is 20.5. The van der Waals surface area contributed by atoms with Crippen LogP contribution in [0.3, 0.4) is 0 Å². The summed E-state index contributed by atoms with van der Waals surface area (Å²) in [4.78, 5) is 4.75. The fourth-order valence-corrected chi connectivity index (χ4v) is 9.93. The Kier molecular flexibility index (Phi) is 7.27. The highest BCUT2D eigenvalue weighted by atomic mass is 15.0. The number of hydrogen-bond donors (Lipinski definition) is 0. The molecule has 0 saturated heterocycles. The van der Waals surface area contributed by atoms with Gasteiger partial charge in [-0.15, -0.1) is 0 Å². The lowest BCUT2D eigenvalue weighted by molar-refractivity contribution is 0.660. The Labute approximate surface area is 343 Å². The maximum atomic E-state index is 4.75. The fraction of sp³-hybridized carbons (Fsp3) is 0.0536. The van der Waals surface area contributed by atoms with Crippen molar-refractivity contribution in [2.45, 2.75) is 19.3 Å². The summed E-state index contributed by atoms with van der Waals surface area (Å²) in [6, 6.07) is 71.2. The van der Waals surface area contributed by atoms with Crippen molar-refractivity contribution in [2.24, 2.45) is 0 Å². The number of para-hydroxylation sites is 2. The normalized spacial score (nSPS) is 13.1. The molecule has 3 heteroatoms. The second-order valence-corrected chi connectivity index (χ2v) is 16.4. The van der Waals surface area contributed by atoms with E-state index in [0.717, 1.165) is 22.5 Å². The summed E-state index contributed by atoms with van der Waals surface area (Å²) in [6.45, 7) is 4.69. The molecule has 0 atom stereocenters. The van der Waals surface area contributed by atoms with Crippen LogP contribution in [0.4, 0.5) is 0 Å². The molecule has 0 unspecified atom stereocenters. The monoisotopic (exact) mass is 753 g/mol. The first-order chi connectivity index (χ1) is 29.0. The van der Waals surface area contributed by atoms with Gasteiger partial charge < -0.3 is 9.13 Å². The van der Waals surface area contributed by atoms with Gasteiger partial charge in [0.15, 0.2) is 0 Å². The first-order valence-electron chi connectivity index (χ1n) is 20.5. The number of aromatic nitrogens is 3. The van der Waals surface area contributed by atoms with Crippen molar-refractivity contribution in [3.05, 3.63) is 211 Å². The third kappa shape index (κ3) is 5.11. The molecule has 11 aromatic rings. The molecule has 0 spiro atoms. The summed E-state index contributed by atoms with van der Waals surface area (Å²) in [6.07, 6.45) is 1.87. The summed E-state index contributed by atoms with van der Waals surface area (Å²) in [5.74, 6) is 0. The molecule has 59 heavy (non-hydrogen) atoms. The van der Waals surface area contributed by atoms with Crippen molar-refractivity contribution >= 4 is 43.6 Å². The minimum atomic E-state index is -0.0254. The Bertz CT molecular complexity index is 3400. The molecule has 1 aliphatic carbocycles. The molecular weight excluding hydrogens is 715 g/mol. The molecular formula is C56H39N3. The number of rotatable bonds is 5. The molecule has 3 heterocycles. The summed E-state index contributed by atoms with van der Waals surface area (Å²) in [5.41, 5.74) is 19.3. The highest BCUT2D eigenvalue weighted by molar-refractivity contribution is 6.13. The fourth-order valence-electron chi connectivity index (χ4n) is 9.93. The standard InChI is InChI=1S/C56H39N3/c1-56(2)49-19-9-6-16-43(49)46-35-41(25-26-50(46)56)58-52-21-10-7-17-44(52)47-33-37(23-27-54(47)58)38-24-28-55-48(34-38)45-18-8-11-22-53(45)59(55)42-31-39(36-14-4-3-5-15-36)30-40(32-42)51-20-12-13-29-57-51/h3-35H,1-2H3. The van der Waals surface area contributed by atoms with Crippen molar-refractivity contribution in [3.63, 3.8) is 0 Å². The number of hydrogen-bond acceptors (Lipinski definition) is 1. The molecule has 0 N–H and O–H groups in total. The van der Waals surface area contributed by atoms with Crippen molar-refractivity contribution < 1.29 is 0 Å². The predicted molar refractivity (Wildman–Crippen MR) is 247 cm³/mol. The maximum absolute atomic E-state index is 4.75. The Morgan fingerprint density at radius 2 is 0.932 bits per heavy atom. The molecule has 0 fully saturated rings. The summed E-state index contributed by atoms with van der Waals surface area (Å²) < 4.78 is 4.86. The van der Waals surface area contributed by atoms with E-state index in [1.165, 1.54) is 88.2 Å². The van der Waals surface area contributed by atoms with Gasteiger partial charge in [-0.05, 0) is 123 Å². The van der Waals surface area contributed by atoms with Gasteiger partial charge in [-0.1, -0.05) is 129 Å². The molecule has 8 aromatic carbocycles. The molecule has 278 valence electrons. The number of benzene rings is 8. The van der Waals surface area contributed by atoms with E-state index in [4.69, 9.17) is 4.98 Å². The minimum absolute atomic E-state index is 0.0254. The smallest absolute Gasteiger partial charge is 0.0702 e. The summed E-state index contributed by atoms with van der Waals surface area (Å²) >= 11 is 0. The van der Waals surface area contributed by atoms with E-state index in [1.807, 2.05) is 12.3 Å². The summed E-state index contributed by atoms with van der Waals surface area (Å²) in [7, 11) is 0. The van der Waals surface area contributed by atoms with Crippen molar-refractivity contribution in [1.82, 2.24) is 14.1 Å². The van der Waals surface area contributed by atoms with Gasteiger partial charge in [0.05, 0.1) is 27.8 Å². The van der Waals surface area contributed by atoms with Crippen LogP contribution in [-0.4, -0.2) is 14.1 Å². The predicted octanol–water partition coefficient (Wildman–Crippen LogP) is 14.6. The molecule has 0 bridgehead atoms. The van der Waals surface area contributed by atoms with E-state index in [0.29, 0.717) is 0 Å². The van der Waals surface area contributed by atoms with E-state index in [-0.39, 0.29) is 5.41 Å². The molecule has 3 aromatic heterocycles. The van der Waals surface area contributed by atoms with Crippen LogP contribution in [0.1, 0.15) is 25.0 Å². The zero-order chi connectivity index (χ0) is 39.2. The lowest BCUT2D eigenvalue weighted by Crippen LogP contribution is -2.14. The third-order valence-corrected chi connectivity index (χ3v) is 12.7. The van der Waals surface area contributed by atoms with Crippen LogP contribution in [0.5, 0.6) is 0 Å². The van der Waals surface area contributed by atoms with Gasteiger partial charge in [0, 0.05) is 50.1 Å². The second kappa shape index (κ2) is 12.8. The van der Waals surface area contributed by atoms with Gasteiger partial charge in [-0.25, -0.2) is 0 Å². The number of fused-ring (bicyclic) bond motifs is 9. The van der Waals surface area contributed by atoms with Crippen molar-refractivity contribution in [3.8, 4) is 56.0 Å². The van der Waals surface area contributed by atoms with Crippen LogP contribution < -0.4 is 0 Å². The Morgan fingerprint density at radius 3 is 1.63 bits per heavy atom. The van der Waals surface area contributed by atoms with Crippen molar-refractivity contribution in [2.75, 3.05) is 0 Å². The Balaban J connectivity index is 1.02. The van der Waals surface area contributed by atoms with Crippen LogP contribution in [0.15, 0.2) is 200 Å². The van der Waals surface area contributed by atoms with Crippen molar-refractivity contribution in [1.29, 1.82) is 0 Å². The van der Waals surface area contributed by atoms with Gasteiger partial charge in [-0.3, -0.25) is 4.98 Å². The van der Waals surface area contributed by atoms with Crippen LogP contribution in [0.25, 0.3) is 99.6 Å². The van der Waals surface area contributed by atoms with E-state index in [2.05, 4.69) is 211 Å². The summed E-state index contributed by atoms with van der Waals surface area (Å²) in [5, 5.41) is 4.96. The van der Waals surface area contributed by atoms with E-state index in [9.17, 15) is 0 Å². The molecule has 0 radical (unpaired) electrons. The minimum Gasteiger partial charge on any atom is -0.309 e. The maximum Gasteiger partial charge on any atom is 0.0702 e. The molecule has 1 aliphatic rings.